The van der Waals surface area contributed by atoms with E-state index in [1.54, 1.807) is 16.0 Å². The van der Waals surface area contributed by atoms with Gasteiger partial charge in [-0.3, -0.25) is 19.5 Å². The summed E-state index contributed by atoms with van der Waals surface area (Å²) in [6, 6.07) is 1.57. The van der Waals surface area contributed by atoms with Gasteiger partial charge in [-0.15, -0.1) is 11.3 Å². The van der Waals surface area contributed by atoms with Crippen molar-refractivity contribution in [2.45, 2.75) is 38.2 Å². The lowest BCUT2D eigenvalue weighted by Gasteiger charge is -2.09. The Morgan fingerprint density at radius 2 is 2.17 bits per heavy atom. The third kappa shape index (κ3) is 2.99. The van der Waals surface area contributed by atoms with Crippen molar-refractivity contribution in [2.24, 2.45) is 0 Å². The number of nitro groups is 1. The fourth-order valence-corrected chi connectivity index (χ4v) is 5.28. The molecule has 24 heavy (non-hydrogen) atoms. The molecule has 3 aromatic heterocycles. The highest BCUT2D eigenvalue weighted by Gasteiger charge is 2.17. The van der Waals surface area contributed by atoms with Crippen molar-refractivity contribution >= 4 is 49.7 Å². The predicted octanol–water partition coefficient (Wildman–Crippen LogP) is 4.36. The quantitative estimate of drug-likeness (QED) is 0.284. The number of aryl methyl sites for hydroxylation is 2. The monoisotopic (exact) mass is 381 g/mol. The van der Waals surface area contributed by atoms with Crippen molar-refractivity contribution < 1.29 is 4.92 Å². The fraction of sp³-hybridized carbons (Fsp3) is 0.333. The number of hydrogen-bond acceptors (Lipinski definition) is 7. The van der Waals surface area contributed by atoms with Gasteiger partial charge in [-0.1, -0.05) is 23.1 Å². The van der Waals surface area contributed by atoms with E-state index in [2.05, 4.69) is 4.98 Å². The Balaban J connectivity index is 1.96. The molecule has 0 aromatic carbocycles. The van der Waals surface area contributed by atoms with E-state index in [0.29, 0.717) is 22.8 Å². The second kappa shape index (κ2) is 6.66. The molecule has 3 rings (SSSR count). The van der Waals surface area contributed by atoms with Crippen molar-refractivity contribution in [2.75, 3.05) is 0 Å². The highest BCUT2D eigenvalue weighted by Crippen LogP contribution is 2.31. The lowest BCUT2D eigenvalue weighted by Crippen LogP contribution is -2.22. The summed E-state index contributed by atoms with van der Waals surface area (Å²) in [4.78, 5) is 29.7. The first kappa shape index (κ1) is 17.1. The molecule has 0 bridgehead atoms. The SMILES string of the molecule is CCn1c(SCc2csc([N+](=O)[O-])c2)nc2sc(C)c(C)c2c1=O. The van der Waals surface area contributed by atoms with Gasteiger partial charge in [0.2, 0.25) is 0 Å². The highest BCUT2D eigenvalue weighted by molar-refractivity contribution is 7.98. The summed E-state index contributed by atoms with van der Waals surface area (Å²) in [5.74, 6) is 0.547. The van der Waals surface area contributed by atoms with Gasteiger partial charge < -0.3 is 0 Å². The third-order valence-electron chi connectivity index (χ3n) is 3.76. The van der Waals surface area contributed by atoms with Crippen LogP contribution in [-0.4, -0.2) is 14.5 Å². The van der Waals surface area contributed by atoms with Crippen molar-refractivity contribution in [1.82, 2.24) is 9.55 Å². The maximum absolute atomic E-state index is 12.7. The Morgan fingerprint density at radius 3 is 2.79 bits per heavy atom. The lowest BCUT2D eigenvalue weighted by molar-refractivity contribution is -0.380. The van der Waals surface area contributed by atoms with Gasteiger partial charge in [0.25, 0.3) is 5.56 Å². The van der Waals surface area contributed by atoms with Gasteiger partial charge >= 0.3 is 5.00 Å². The number of thiophene rings is 2. The zero-order chi connectivity index (χ0) is 17.4. The molecule has 0 aliphatic rings. The molecule has 0 radical (unpaired) electrons. The fourth-order valence-electron chi connectivity index (χ4n) is 2.38. The van der Waals surface area contributed by atoms with Crippen LogP contribution in [0.15, 0.2) is 21.4 Å². The molecular formula is C15H15N3O3S3. The van der Waals surface area contributed by atoms with Crippen LogP contribution in [0.4, 0.5) is 5.00 Å². The largest absolute Gasteiger partial charge is 0.324 e. The summed E-state index contributed by atoms with van der Waals surface area (Å²) in [7, 11) is 0. The van der Waals surface area contributed by atoms with E-state index in [4.69, 9.17) is 0 Å². The van der Waals surface area contributed by atoms with E-state index in [9.17, 15) is 14.9 Å². The van der Waals surface area contributed by atoms with E-state index < -0.39 is 0 Å². The van der Waals surface area contributed by atoms with Crippen molar-refractivity contribution in [3.63, 3.8) is 0 Å². The van der Waals surface area contributed by atoms with Crippen molar-refractivity contribution in [3.8, 4) is 0 Å². The van der Waals surface area contributed by atoms with Crippen molar-refractivity contribution in [1.29, 1.82) is 0 Å². The molecule has 126 valence electrons. The van der Waals surface area contributed by atoms with Crippen LogP contribution >= 0.6 is 34.4 Å². The molecule has 6 nitrogen and oxygen atoms in total. The summed E-state index contributed by atoms with van der Waals surface area (Å²) in [5.41, 5.74) is 1.86. The van der Waals surface area contributed by atoms with Crippen LogP contribution in [-0.2, 0) is 12.3 Å². The van der Waals surface area contributed by atoms with E-state index in [1.165, 1.54) is 23.1 Å². The van der Waals surface area contributed by atoms with Crippen LogP contribution in [0.1, 0.15) is 22.9 Å². The lowest BCUT2D eigenvalue weighted by atomic mass is 10.2. The molecule has 0 spiro atoms. The maximum atomic E-state index is 12.7. The zero-order valence-corrected chi connectivity index (χ0v) is 15.8. The normalized spacial score (nSPS) is 11.3. The third-order valence-corrected chi connectivity index (χ3v) is 6.84. The average molecular weight is 382 g/mol. The Kier molecular flexibility index (Phi) is 4.75. The molecule has 0 amide bonds. The number of fused-ring (bicyclic) bond motifs is 1. The molecule has 0 atom stereocenters. The van der Waals surface area contributed by atoms with Gasteiger partial charge in [0, 0.05) is 28.6 Å². The van der Waals surface area contributed by atoms with Gasteiger partial charge in [-0.25, -0.2) is 4.98 Å². The van der Waals surface area contributed by atoms with E-state index >= 15 is 0 Å². The van der Waals surface area contributed by atoms with Crippen LogP contribution in [0, 0.1) is 24.0 Å². The number of thioether (sulfide) groups is 1. The molecule has 0 N–H and O–H groups in total. The first-order chi connectivity index (χ1) is 11.4. The Bertz CT molecular complexity index is 987. The highest BCUT2D eigenvalue weighted by atomic mass is 32.2. The topological polar surface area (TPSA) is 78.0 Å². The molecule has 0 fully saturated rings. The van der Waals surface area contributed by atoms with Crippen LogP contribution in [0.25, 0.3) is 10.2 Å². The minimum atomic E-state index is -0.387. The second-order valence-corrected chi connectivity index (χ2v) is 8.28. The molecule has 3 heterocycles. The molecule has 0 saturated carbocycles. The Morgan fingerprint density at radius 1 is 1.42 bits per heavy atom. The average Bonchev–Trinajstić information content (AvgIpc) is 3.11. The number of rotatable bonds is 5. The van der Waals surface area contributed by atoms with Gasteiger partial charge in [-0.2, -0.15) is 0 Å². The molecule has 0 unspecified atom stereocenters. The molecule has 0 aliphatic heterocycles. The number of hydrogen-bond donors (Lipinski definition) is 0. The summed E-state index contributed by atoms with van der Waals surface area (Å²) in [5, 5.41) is 14.0. The molecule has 3 aromatic rings. The smallest absolute Gasteiger partial charge is 0.287 e. The summed E-state index contributed by atoms with van der Waals surface area (Å²) in [6.45, 7) is 6.41. The molecule has 0 aliphatic carbocycles. The number of nitrogens with zero attached hydrogens (tertiary/aromatic N) is 3. The Hall–Kier alpha value is -1.71. The van der Waals surface area contributed by atoms with Gasteiger partial charge in [0.05, 0.1) is 10.3 Å². The van der Waals surface area contributed by atoms with Crippen LogP contribution < -0.4 is 5.56 Å². The first-order valence-corrected chi connectivity index (χ1v) is 9.95. The van der Waals surface area contributed by atoms with Gasteiger partial charge in [-0.05, 0) is 31.9 Å². The molecule has 0 saturated heterocycles. The van der Waals surface area contributed by atoms with E-state index in [0.717, 1.165) is 32.2 Å². The van der Waals surface area contributed by atoms with Crippen LogP contribution in [0.3, 0.4) is 0 Å². The van der Waals surface area contributed by atoms with Crippen molar-refractivity contribution in [3.05, 3.63) is 47.9 Å². The minimum absolute atomic E-state index is 0.0110. The van der Waals surface area contributed by atoms with Crippen LogP contribution in [0.2, 0.25) is 0 Å². The standard InChI is InChI=1S/C15H15N3O3S3/c1-4-17-14(19)12-8(2)9(3)24-13(12)16-15(17)23-7-10-5-11(18(20)21)22-6-10/h5-6H,4,7H2,1-3H3. The van der Waals surface area contributed by atoms with Gasteiger partial charge in [0.15, 0.2) is 5.16 Å². The summed E-state index contributed by atoms with van der Waals surface area (Å²) in [6.07, 6.45) is 0. The van der Waals surface area contributed by atoms with E-state index in [1.807, 2.05) is 20.8 Å². The maximum Gasteiger partial charge on any atom is 0.324 e. The molecular weight excluding hydrogens is 366 g/mol. The second-order valence-electron chi connectivity index (χ2n) is 5.25. The van der Waals surface area contributed by atoms with E-state index in [-0.39, 0.29) is 15.5 Å². The minimum Gasteiger partial charge on any atom is -0.287 e. The summed E-state index contributed by atoms with van der Waals surface area (Å²) >= 11 is 4.08. The van der Waals surface area contributed by atoms with Crippen LogP contribution in [0.5, 0.6) is 0 Å². The first-order valence-electron chi connectivity index (χ1n) is 7.27. The van der Waals surface area contributed by atoms with Gasteiger partial charge in [0.1, 0.15) is 4.83 Å². The zero-order valence-electron chi connectivity index (χ0n) is 13.4. The predicted molar refractivity (Wildman–Crippen MR) is 99.6 cm³/mol. The number of aromatic nitrogens is 2. The molecule has 9 heteroatoms. The Labute approximate surface area is 150 Å². The summed E-state index contributed by atoms with van der Waals surface area (Å²) < 4.78 is 1.67.